The zero-order chi connectivity index (χ0) is 13.0. The molecular formula is C16H32N2. The second-order valence-corrected chi connectivity index (χ2v) is 6.91. The Morgan fingerprint density at radius 2 is 1.83 bits per heavy atom. The van der Waals surface area contributed by atoms with Crippen molar-refractivity contribution >= 4 is 0 Å². The molecular weight excluding hydrogens is 220 g/mol. The van der Waals surface area contributed by atoms with Gasteiger partial charge in [0.15, 0.2) is 0 Å². The Balaban J connectivity index is 1.62. The molecule has 2 aliphatic rings. The standard InChI is InChI=1S/C16H32N2/c1-13-10-14(2)15(3)18(12-13)9-8-17-11-16-6-4-5-7-16/h13-17H,4-12H2,1-3H3. The Bertz CT molecular complexity index is 235. The van der Waals surface area contributed by atoms with E-state index in [4.69, 9.17) is 0 Å². The van der Waals surface area contributed by atoms with E-state index < -0.39 is 0 Å². The molecule has 1 saturated heterocycles. The molecule has 0 aromatic heterocycles. The summed E-state index contributed by atoms with van der Waals surface area (Å²) in [7, 11) is 0. The van der Waals surface area contributed by atoms with Gasteiger partial charge in [0.05, 0.1) is 0 Å². The predicted octanol–water partition coefficient (Wildman–Crippen LogP) is 3.13. The van der Waals surface area contributed by atoms with Gasteiger partial charge in [0.1, 0.15) is 0 Å². The van der Waals surface area contributed by atoms with Gasteiger partial charge in [-0.15, -0.1) is 0 Å². The van der Waals surface area contributed by atoms with E-state index in [0.717, 1.165) is 23.8 Å². The van der Waals surface area contributed by atoms with Crippen molar-refractivity contribution in [3.05, 3.63) is 0 Å². The molecule has 0 bridgehead atoms. The van der Waals surface area contributed by atoms with Crippen LogP contribution in [0.15, 0.2) is 0 Å². The highest BCUT2D eigenvalue weighted by atomic mass is 15.2. The van der Waals surface area contributed by atoms with Crippen LogP contribution in [0, 0.1) is 17.8 Å². The average Bonchev–Trinajstić information content (AvgIpc) is 2.83. The molecule has 1 heterocycles. The van der Waals surface area contributed by atoms with Crippen LogP contribution in [0.4, 0.5) is 0 Å². The van der Waals surface area contributed by atoms with E-state index in [-0.39, 0.29) is 0 Å². The lowest BCUT2D eigenvalue weighted by atomic mass is 9.86. The first-order valence-corrected chi connectivity index (χ1v) is 8.11. The van der Waals surface area contributed by atoms with Gasteiger partial charge in [0.25, 0.3) is 0 Å². The first-order valence-electron chi connectivity index (χ1n) is 8.11. The second kappa shape index (κ2) is 6.91. The lowest BCUT2D eigenvalue weighted by Crippen LogP contribution is -2.48. The van der Waals surface area contributed by atoms with Gasteiger partial charge in [-0.3, -0.25) is 4.90 Å². The number of hydrogen-bond donors (Lipinski definition) is 1. The monoisotopic (exact) mass is 252 g/mol. The van der Waals surface area contributed by atoms with E-state index in [1.54, 1.807) is 0 Å². The molecule has 1 N–H and O–H groups in total. The first-order chi connectivity index (χ1) is 8.66. The molecule has 2 fully saturated rings. The van der Waals surface area contributed by atoms with Gasteiger partial charge in [0, 0.05) is 25.7 Å². The number of rotatable bonds is 5. The van der Waals surface area contributed by atoms with Crippen molar-refractivity contribution in [2.75, 3.05) is 26.2 Å². The smallest absolute Gasteiger partial charge is 0.0110 e. The molecule has 3 unspecified atom stereocenters. The summed E-state index contributed by atoms with van der Waals surface area (Å²) in [5.74, 6) is 2.72. The van der Waals surface area contributed by atoms with Crippen LogP contribution in [0.5, 0.6) is 0 Å². The normalized spacial score (nSPS) is 35.2. The van der Waals surface area contributed by atoms with Crippen molar-refractivity contribution in [1.29, 1.82) is 0 Å². The van der Waals surface area contributed by atoms with Gasteiger partial charge in [-0.2, -0.15) is 0 Å². The molecule has 2 nitrogen and oxygen atoms in total. The van der Waals surface area contributed by atoms with Crippen LogP contribution in [0.2, 0.25) is 0 Å². The molecule has 0 radical (unpaired) electrons. The van der Waals surface area contributed by atoms with Gasteiger partial charge < -0.3 is 5.32 Å². The molecule has 18 heavy (non-hydrogen) atoms. The summed E-state index contributed by atoms with van der Waals surface area (Å²) in [4.78, 5) is 2.69. The van der Waals surface area contributed by atoms with Crippen molar-refractivity contribution in [1.82, 2.24) is 10.2 Å². The van der Waals surface area contributed by atoms with Crippen LogP contribution in [0.25, 0.3) is 0 Å². The van der Waals surface area contributed by atoms with E-state index >= 15 is 0 Å². The van der Waals surface area contributed by atoms with Crippen molar-refractivity contribution in [2.24, 2.45) is 17.8 Å². The van der Waals surface area contributed by atoms with Crippen molar-refractivity contribution < 1.29 is 0 Å². The van der Waals surface area contributed by atoms with Gasteiger partial charge in [-0.25, -0.2) is 0 Å². The van der Waals surface area contributed by atoms with Gasteiger partial charge >= 0.3 is 0 Å². The maximum atomic E-state index is 3.68. The molecule has 0 amide bonds. The van der Waals surface area contributed by atoms with Crippen LogP contribution in [-0.2, 0) is 0 Å². The summed E-state index contributed by atoms with van der Waals surface area (Å²) in [6.45, 7) is 12.2. The summed E-state index contributed by atoms with van der Waals surface area (Å²) >= 11 is 0. The fourth-order valence-corrected chi connectivity index (χ4v) is 3.87. The van der Waals surface area contributed by atoms with Crippen LogP contribution in [-0.4, -0.2) is 37.1 Å². The second-order valence-electron chi connectivity index (χ2n) is 6.91. The van der Waals surface area contributed by atoms with Gasteiger partial charge in [-0.1, -0.05) is 26.7 Å². The number of nitrogens with zero attached hydrogens (tertiary/aromatic N) is 1. The summed E-state index contributed by atoms with van der Waals surface area (Å²) in [6, 6.07) is 0.773. The zero-order valence-electron chi connectivity index (χ0n) is 12.6. The quantitative estimate of drug-likeness (QED) is 0.756. The SMILES string of the molecule is CC1CC(C)C(C)N(CCNCC2CCCC2)C1. The third kappa shape index (κ3) is 3.96. The third-order valence-corrected chi connectivity index (χ3v) is 5.20. The molecule has 3 atom stereocenters. The number of likely N-dealkylation sites (tertiary alicyclic amines) is 1. The van der Waals surface area contributed by atoms with E-state index in [1.807, 2.05) is 0 Å². The van der Waals surface area contributed by atoms with E-state index in [2.05, 4.69) is 31.0 Å². The Kier molecular flexibility index (Phi) is 5.50. The molecule has 0 spiro atoms. The summed E-state index contributed by atoms with van der Waals surface area (Å²) in [6.07, 6.45) is 7.25. The Labute approximate surface area is 114 Å². The highest BCUT2D eigenvalue weighted by molar-refractivity contribution is 4.82. The lowest BCUT2D eigenvalue weighted by molar-refractivity contribution is 0.0805. The van der Waals surface area contributed by atoms with E-state index in [1.165, 1.54) is 58.3 Å². The van der Waals surface area contributed by atoms with Crippen LogP contribution < -0.4 is 5.32 Å². The van der Waals surface area contributed by atoms with Crippen LogP contribution in [0.3, 0.4) is 0 Å². The van der Waals surface area contributed by atoms with Gasteiger partial charge in [0.2, 0.25) is 0 Å². The van der Waals surface area contributed by atoms with Crippen LogP contribution in [0.1, 0.15) is 52.9 Å². The minimum Gasteiger partial charge on any atom is -0.315 e. The highest BCUT2D eigenvalue weighted by Crippen LogP contribution is 2.26. The zero-order valence-corrected chi connectivity index (χ0v) is 12.6. The molecule has 1 saturated carbocycles. The number of nitrogens with one attached hydrogen (secondary N) is 1. The molecule has 0 aromatic carbocycles. The largest absolute Gasteiger partial charge is 0.315 e. The molecule has 2 heteroatoms. The summed E-state index contributed by atoms with van der Waals surface area (Å²) in [5, 5.41) is 3.68. The van der Waals surface area contributed by atoms with Crippen molar-refractivity contribution in [3.63, 3.8) is 0 Å². The minimum absolute atomic E-state index is 0.773. The highest BCUT2D eigenvalue weighted by Gasteiger charge is 2.28. The summed E-state index contributed by atoms with van der Waals surface area (Å²) < 4.78 is 0. The Morgan fingerprint density at radius 3 is 2.56 bits per heavy atom. The van der Waals surface area contributed by atoms with E-state index in [9.17, 15) is 0 Å². The molecule has 1 aliphatic carbocycles. The average molecular weight is 252 g/mol. The van der Waals surface area contributed by atoms with Crippen LogP contribution >= 0.6 is 0 Å². The minimum atomic E-state index is 0.773. The maximum absolute atomic E-state index is 3.68. The van der Waals surface area contributed by atoms with Crippen molar-refractivity contribution in [2.45, 2.75) is 58.9 Å². The molecule has 1 aliphatic heterocycles. The summed E-state index contributed by atoms with van der Waals surface area (Å²) in [5.41, 5.74) is 0. The number of hydrogen-bond acceptors (Lipinski definition) is 2. The molecule has 106 valence electrons. The molecule has 0 aromatic rings. The first kappa shape index (κ1) is 14.3. The molecule has 2 rings (SSSR count). The van der Waals surface area contributed by atoms with E-state index in [0.29, 0.717) is 0 Å². The van der Waals surface area contributed by atoms with Crippen molar-refractivity contribution in [3.8, 4) is 0 Å². The van der Waals surface area contributed by atoms with Gasteiger partial charge in [-0.05, 0) is 50.5 Å². The third-order valence-electron chi connectivity index (χ3n) is 5.20. The Morgan fingerprint density at radius 1 is 1.11 bits per heavy atom. The predicted molar refractivity (Wildman–Crippen MR) is 78.8 cm³/mol. The maximum Gasteiger partial charge on any atom is 0.0110 e. The number of piperidine rings is 1. The fraction of sp³-hybridized carbons (Fsp3) is 1.00. The fourth-order valence-electron chi connectivity index (χ4n) is 3.87. The lowest BCUT2D eigenvalue weighted by Gasteiger charge is -2.41. The topological polar surface area (TPSA) is 15.3 Å². The Hall–Kier alpha value is -0.0800.